The highest BCUT2D eigenvalue weighted by Gasteiger charge is 2.44. The highest BCUT2D eigenvalue weighted by atomic mass is 16.5. The summed E-state index contributed by atoms with van der Waals surface area (Å²) in [6, 6.07) is 7.12. The second kappa shape index (κ2) is 7.41. The molecule has 1 aliphatic carbocycles. The summed E-state index contributed by atoms with van der Waals surface area (Å²) in [7, 11) is 0. The highest BCUT2D eigenvalue weighted by Crippen LogP contribution is 2.52. The summed E-state index contributed by atoms with van der Waals surface area (Å²) in [5, 5.41) is 0. The van der Waals surface area contributed by atoms with Crippen LogP contribution in [0.1, 0.15) is 104 Å². The van der Waals surface area contributed by atoms with E-state index in [1.807, 2.05) is 0 Å². The normalized spacial score (nSPS) is 24.3. The molecule has 1 heterocycles. The molecule has 0 saturated heterocycles. The number of unbranched alkanes of at least 4 members (excludes halogenated alkanes) is 3. The minimum Gasteiger partial charge on any atom is -0.487 e. The van der Waals surface area contributed by atoms with Crippen LogP contribution >= 0.6 is 0 Å². The molecule has 1 heteroatoms. The Morgan fingerprint density at radius 2 is 1.92 bits per heavy atom. The van der Waals surface area contributed by atoms with Crippen LogP contribution in [0, 0.1) is 5.92 Å². The maximum atomic E-state index is 6.57. The molecule has 26 heavy (non-hydrogen) atoms. The van der Waals surface area contributed by atoms with Crippen molar-refractivity contribution >= 4 is 0 Å². The van der Waals surface area contributed by atoms with Gasteiger partial charge in [-0.15, -0.1) is 0 Å². The summed E-state index contributed by atoms with van der Waals surface area (Å²) in [5.74, 6) is 2.34. The zero-order valence-corrected chi connectivity index (χ0v) is 17.8. The summed E-state index contributed by atoms with van der Waals surface area (Å²) >= 11 is 0. The van der Waals surface area contributed by atoms with Crippen LogP contribution < -0.4 is 4.74 Å². The van der Waals surface area contributed by atoms with Gasteiger partial charge >= 0.3 is 0 Å². The molecule has 1 nitrogen and oxygen atoms in total. The third kappa shape index (κ3) is 3.87. The smallest absolute Gasteiger partial charge is 0.123 e. The van der Waals surface area contributed by atoms with Crippen molar-refractivity contribution in [3.8, 4) is 5.75 Å². The molecule has 0 fully saturated rings. The maximum absolute atomic E-state index is 6.57. The molecule has 0 radical (unpaired) electrons. The van der Waals surface area contributed by atoms with E-state index in [4.69, 9.17) is 4.74 Å². The molecule has 144 valence electrons. The molecule has 0 bridgehead atoms. The van der Waals surface area contributed by atoms with Crippen LogP contribution in [-0.2, 0) is 5.41 Å². The molecule has 0 amide bonds. The summed E-state index contributed by atoms with van der Waals surface area (Å²) in [4.78, 5) is 0. The summed E-state index contributed by atoms with van der Waals surface area (Å²) in [5.41, 5.74) is 4.54. The molecule has 1 aliphatic heterocycles. The van der Waals surface area contributed by atoms with Crippen LogP contribution in [0.4, 0.5) is 0 Å². The van der Waals surface area contributed by atoms with Gasteiger partial charge in [0.05, 0.1) is 0 Å². The molecule has 1 aromatic rings. The van der Waals surface area contributed by atoms with Crippen LogP contribution in [0.15, 0.2) is 29.8 Å². The third-order valence-corrected chi connectivity index (χ3v) is 6.86. The molecule has 0 N–H and O–H groups in total. The SMILES string of the molecule is CCCCCCC(C)(C)c1ccc2c(c1)OC(C)(C)[C@H]1CC=C(C)CC21. The molecule has 3 rings (SSSR count). The van der Waals surface area contributed by atoms with E-state index < -0.39 is 0 Å². The van der Waals surface area contributed by atoms with Gasteiger partial charge in [-0.3, -0.25) is 0 Å². The molecular weight excluding hydrogens is 316 g/mol. The lowest BCUT2D eigenvalue weighted by Gasteiger charge is -2.47. The van der Waals surface area contributed by atoms with Crippen molar-refractivity contribution in [2.45, 2.75) is 103 Å². The predicted molar refractivity (Wildman–Crippen MR) is 112 cm³/mol. The fraction of sp³-hybridized carbons (Fsp3) is 0.680. The highest BCUT2D eigenvalue weighted by molar-refractivity contribution is 5.46. The second-order valence-electron chi connectivity index (χ2n) is 9.86. The van der Waals surface area contributed by atoms with Gasteiger partial charge in [-0.2, -0.15) is 0 Å². The van der Waals surface area contributed by atoms with Gasteiger partial charge in [0.15, 0.2) is 0 Å². The number of ether oxygens (including phenoxy) is 1. The zero-order valence-electron chi connectivity index (χ0n) is 17.8. The van der Waals surface area contributed by atoms with Crippen molar-refractivity contribution in [3.63, 3.8) is 0 Å². The van der Waals surface area contributed by atoms with Gasteiger partial charge in [-0.05, 0) is 68.6 Å². The number of hydrogen-bond acceptors (Lipinski definition) is 1. The lowest BCUT2D eigenvalue weighted by molar-refractivity contribution is 0.00837. The number of rotatable bonds is 6. The van der Waals surface area contributed by atoms with Crippen molar-refractivity contribution < 1.29 is 4.74 Å². The Bertz CT molecular complexity index is 665. The first-order chi connectivity index (χ1) is 12.2. The Kier molecular flexibility index (Phi) is 5.56. The third-order valence-electron chi connectivity index (χ3n) is 6.86. The van der Waals surface area contributed by atoms with Gasteiger partial charge in [0.2, 0.25) is 0 Å². The topological polar surface area (TPSA) is 9.23 Å². The molecular formula is C25H38O. The summed E-state index contributed by atoms with van der Waals surface area (Å²) < 4.78 is 6.57. The summed E-state index contributed by atoms with van der Waals surface area (Å²) in [6.07, 6.45) is 11.3. The molecule has 1 aromatic carbocycles. The minimum atomic E-state index is -0.0846. The second-order valence-corrected chi connectivity index (χ2v) is 9.86. The van der Waals surface area contributed by atoms with Crippen molar-refractivity contribution in [1.82, 2.24) is 0 Å². The van der Waals surface area contributed by atoms with Crippen LogP contribution in [0.3, 0.4) is 0 Å². The van der Waals surface area contributed by atoms with Crippen LogP contribution in [0.2, 0.25) is 0 Å². The van der Waals surface area contributed by atoms with E-state index in [-0.39, 0.29) is 11.0 Å². The number of allylic oxidation sites excluding steroid dienone is 2. The Balaban J connectivity index is 1.85. The molecule has 0 saturated carbocycles. The Morgan fingerprint density at radius 3 is 2.65 bits per heavy atom. The zero-order chi connectivity index (χ0) is 18.9. The van der Waals surface area contributed by atoms with Crippen LogP contribution in [0.25, 0.3) is 0 Å². The quantitative estimate of drug-likeness (QED) is 0.378. The first kappa shape index (κ1) is 19.5. The predicted octanol–water partition coefficient (Wildman–Crippen LogP) is 7.55. The van der Waals surface area contributed by atoms with Crippen molar-refractivity contribution in [2.75, 3.05) is 0 Å². The van der Waals surface area contributed by atoms with E-state index in [9.17, 15) is 0 Å². The van der Waals surface area contributed by atoms with Gasteiger partial charge in [0.25, 0.3) is 0 Å². The molecule has 0 aromatic heterocycles. The lowest BCUT2D eigenvalue weighted by Crippen LogP contribution is -2.45. The lowest BCUT2D eigenvalue weighted by atomic mass is 9.67. The van der Waals surface area contributed by atoms with E-state index >= 15 is 0 Å². The largest absolute Gasteiger partial charge is 0.487 e. The van der Waals surface area contributed by atoms with Gasteiger partial charge in [-0.25, -0.2) is 0 Å². The number of benzene rings is 1. The molecule has 2 aliphatic rings. The van der Waals surface area contributed by atoms with Crippen molar-refractivity contribution in [1.29, 1.82) is 0 Å². The van der Waals surface area contributed by atoms with Crippen molar-refractivity contribution in [3.05, 3.63) is 41.0 Å². The monoisotopic (exact) mass is 354 g/mol. The molecule has 2 atom stereocenters. The number of hydrogen-bond donors (Lipinski definition) is 0. The van der Waals surface area contributed by atoms with Crippen LogP contribution in [-0.4, -0.2) is 5.60 Å². The average Bonchev–Trinajstić information content (AvgIpc) is 2.57. The van der Waals surface area contributed by atoms with E-state index in [2.05, 4.69) is 65.8 Å². The van der Waals surface area contributed by atoms with E-state index in [0.717, 1.165) is 12.2 Å². The van der Waals surface area contributed by atoms with E-state index in [1.165, 1.54) is 55.2 Å². The first-order valence-corrected chi connectivity index (χ1v) is 10.7. The molecule has 1 unspecified atom stereocenters. The Labute approximate surface area is 161 Å². The van der Waals surface area contributed by atoms with Gasteiger partial charge < -0.3 is 4.74 Å². The van der Waals surface area contributed by atoms with E-state index in [0.29, 0.717) is 11.8 Å². The maximum Gasteiger partial charge on any atom is 0.123 e. The fourth-order valence-electron chi connectivity index (χ4n) is 5.01. The Hall–Kier alpha value is -1.24. The van der Waals surface area contributed by atoms with Gasteiger partial charge in [0.1, 0.15) is 11.4 Å². The Morgan fingerprint density at radius 1 is 1.15 bits per heavy atom. The summed E-state index contributed by atoms with van der Waals surface area (Å²) in [6.45, 7) is 13.9. The standard InChI is InChI=1S/C25H38O/c1-7-8-9-10-15-24(3,4)19-12-13-20-21-16-18(2)11-14-22(21)25(5,6)26-23(20)17-19/h11-13,17,21-22H,7-10,14-16H2,1-6H3/t21?,22-/m0/s1. The van der Waals surface area contributed by atoms with E-state index in [1.54, 1.807) is 0 Å². The van der Waals surface area contributed by atoms with Gasteiger partial charge in [0, 0.05) is 5.92 Å². The number of fused-ring (bicyclic) bond motifs is 3. The first-order valence-electron chi connectivity index (χ1n) is 10.7. The fourth-order valence-corrected chi connectivity index (χ4v) is 5.01. The average molecular weight is 355 g/mol. The van der Waals surface area contributed by atoms with Crippen LogP contribution in [0.5, 0.6) is 5.75 Å². The molecule has 0 spiro atoms. The van der Waals surface area contributed by atoms with Crippen molar-refractivity contribution in [2.24, 2.45) is 5.92 Å². The van der Waals surface area contributed by atoms with Gasteiger partial charge in [-0.1, -0.05) is 70.2 Å². The minimum absolute atomic E-state index is 0.0846.